The molecule has 0 aliphatic carbocycles. The van der Waals surface area contributed by atoms with Crippen LogP contribution in [0.2, 0.25) is 0 Å². The maximum atomic E-state index is 12.3. The smallest absolute Gasteiger partial charge is 0.387 e. The Morgan fingerprint density at radius 3 is 2.75 bits per heavy atom. The molecule has 1 aromatic heterocycles. The average molecular weight is 340 g/mol. The largest absolute Gasteiger partial charge is 0.476 e. The Morgan fingerprint density at radius 2 is 2.08 bits per heavy atom. The first-order valence-electron chi connectivity index (χ1n) is 6.88. The third kappa shape index (κ3) is 5.00. The Morgan fingerprint density at radius 1 is 1.33 bits per heavy atom. The molecule has 8 nitrogen and oxygen atoms in total. The standard InChI is InChI=1S/C14H14F2N4O4/c15-14(16)24-11-4-2-1-3-9(11)5-6-17-12(21)8-20-7-10(13(22)23)18-19-20/h1-4,7,14H,5-6,8H2,(H,17,21)(H,22,23). The fraction of sp³-hybridized carbons (Fsp3) is 0.286. The zero-order chi connectivity index (χ0) is 17.5. The van der Waals surface area contributed by atoms with Gasteiger partial charge in [-0.1, -0.05) is 23.4 Å². The van der Waals surface area contributed by atoms with Crippen molar-refractivity contribution < 1.29 is 28.2 Å². The molecule has 10 heteroatoms. The summed E-state index contributed by atoms with van der Waals surface area (Å²) in [5.41, 5.74) is 0.271. The molecule has 0 saturated heterocycles. The van der Waals surface area contributed by atoms with Crippen molar-refractivity contribution in [1.82, 2.24) is 20.3 Å². The summed E-state index contributed by atoms with van der Waals surface area (Å²) in [6, 6.07) is 6.30. The van der Waals surface area contributed by atoms with Crippen LogP contribution in [0.15, 0.2) is 30.5 Å². The van der Waals surface area contributed by atoms with Crippen LogP contribution in [0.25, 0.3) is 0 Å². The number of amides is 1. The highest BCUT2D eigenvalue weighted by molar-refractivity contribution is 5.84. The lowest BCUT2D eigenvalue weighted by Crippen LogP contribution is -2.29. The van der Waals surface area contributed by atoms with Gasteiger partial charge in [0.2, 0.25) is 5.91 Å². The number of carboxylic acid groups (broad SMARTS) is 1. The minimum Gasteiger partial charge on any atom is -0.476 e. The van der Waals surface area contributed by atoms with Crippen molar-refractivity contribution in [2.75, 3.05) is 6.54 Å². The predicted molar refractivity (Wildman–Crippen MR) is 76.8 cm³/mol. The summed E-state index contributed by atoms with van der Waals surface area (Å²) < 4.78 is 30.1. The fourth-order valence-corrected chi connectivity index (χ4v) is 1.93. The molecule has 0 unspecified atom stereocenters. The zero-order valence-electron chi connectivity index (χ0n) is 12.4. The molecule has 0 aliphatic rings. The minimum atomic E-state index is -2.92. The molecule has 0 radical (unpaired) electrons. The van der Waals surface area contributed by atoms with Gasteiger partial charge in [-0.15, -0.1) is 5.10 Å². The number of halogens is 2. The molecule has 2 rings (SSSR count). The molecule has 24 heavy (non-hydrogen) atoms. The molecule has 1 heterocycles. The maximum absolute atomic E-state index is 12.3. The van der Waals surface area contributed by atoms with Crippen molar-refractivity contribution >= 4 is 11.9 Å². The third-order valence-corrected chi connectivity index (χ3v) is 2.97. The Kier molecular flexibility index (Phi) is 5.77. The van der Waals surface area contributed by atoms with Crippen LogP contribution in [0.4, 0.5) is 8.78 Å². The first-order chi connectivity index (χ1) is 11.5. The summed E-state index contributed by atoms with van der Waals surface area (Å²) in [6.45, 7) is -2.92. The van der Waals surface area contributed by atoms with E-state index in [9.17, 15) is 18.4 Å². The molecule has 0 atom stereocenters. The van der Waals surface area contributed by atoms with E-state index in [1.165, 1.54) is 6.07 Å². The van der Waals surface area contributed by atoms with Crippen molar-refractivity contribution in [3.05, 3.63) is 41.7 Å². The number of hydrogen-bond acceptors (Lipinski definition) is 5. The van der Waals surface area contributed by atoms with E-state index < -0.39 is 18.5 Å². The van der Waals surface area contributed by atoms with Gasteiger partial charge in [0.25, 0.3) is 0 Å². The zero-order valence-corrected chi connectivity index (χ0v) is 12.4. The number of alkyl halides is 2. The predicted octanol–water partition coefficient (Wildman–Crippen LogP) is 0.937. The van der Waals surface area contributed by atoms with Crippen LogP contribution < -0.4 is 10.1 Å². The van der Waals surface area contributed by atoms with Gasteiger partial charge in [-0.2, -0.15) is 8.78 Å². The topological polar surface area (TPSA) is 106 Å². The van der Waals surface area contributed by atoms with E-state index >= 15 is 0 Å². The lowest BCUT2D eigenvalue weighted by atomic mass is 10.1. The van der Waals surface area contributed by atoms with Crippen molar-refractivity contribution in [3.63, 3.8) is 0 Å². The molecular formula is C14H14F2N4O4. The van der Waals surface area contributed by atoms with Crippen LogP contribution >= 0.6 is 0 Å². The third-order valence-electron chi connectivity index (χ3n) is 2.97. The highest BCUT2D eigenvalue weighted by Crippen LogP contribution is 2.20. The minimum absolute atomic E-state index is 0.0594. The number of carboxylic acids is 1. The quantitative estimate of drug-likeness (QED) is 0.741. The molecule has 0 fully saturated rings. The summed E-state index contributed by atoms with van der Waals surface area (Å²) in [6.07, 6.45) is 1.43. The number of ether oxygens (including phenoxy) is 1. The highest BCUT2D eigenvalue weighted by atomic mass is 19.3. The first-order valence-corrected chi connectivity index (χ1v) is 6.88. The van der Waals surface area contributed by atoms with E-state index in [0.717, 1.165) is 10.9 Å². The molecule has 2 aromatic rings. The van der Waals surface area contributed by atoms with Gasteiger partial charge >= 0.3 is 12.6 Å². The van der Waals surface area contributed by atoms with Crippen LogP contribution in [-0.4, -0.2) is 45.1 Å². The monoisotopic (exact) mass is 340 g/mol. The van der Waals surface area contributed by atoms with Crippen molar-refractivity contribution in [3.8, 4) is 5.75 Å². The van der Waals surface area contributed by atoms with E-state index in [4.69, 9.17) is 5.11 Å². The van der Waals surface area contributed by atoms with E-state index in [0.29, 0.717) is 12.0 Å². The van der Waals surface area contributed by atoms with E-state index in [-0.39, 0.29) is 24.5 Å². The van der Waals surface area contributed by atoms with Gasteiger partial charge in [0, 0.05) is 6.54 Å². The van der Waals surface area contributed by atoms with Crippen LogP contribution in [0.1, 0.15) is 16.1 Å². The number of nitrogens with zero attached hydrogens (tertiary/aromatic N) is 3. The number of aromatic nitrogens is 3. The highest BCUT2D eigenvalue weighted by Gasteiger charge is 2.11. The lowest BCUT2D eigenvalue weighted by Gasteiger charge is -2.11. The molecule has 0 aliphatic heterocycles. The van der Waals surface area contributed by atoms with Crippen molar-refractivity contribution in [1.29, 1.82) is 0 Å². The second-order valence-electron chi connectivity index (χ2n) is 4.69. The number of aromatic carboxylic acids is 1. The normalized spacial score (nSPS) is 10.6. The summed E-state index contributed by atoms with van der Waals surface area (Å²) in [5.74, 6) is -1.59. The van der Waals surface area contributed by atoms with Crippen LogP contribution in [0.3, 0.4) is 0 Å². The lowest BCUT2D eigenvalue weighted by molar-refractivity contribution is -0.121. The van der Waals surface area contributed by atoms with Crippen LogP contribution in [0, 0.1) is 0 Å². The number of para-hydroxylation sites is 1. The summed E-state index contributed by atoms with van der Waals surface area (Å²) in [7, 11) is 0. The number of carbonyl (C=O) groups is 2. The van der Waals surface area contributed by atoms with Gasteiger partial charge in [-0.25, -0.2) is 9.48 Å². The van der Waals surface area contributed by atoms with Gasteiger partial charge in [-0.05, 0) is 18.1 Å². The van der Waals surface area contributed by atoms with E-state index in [1.807, 2.05) is 0 Å². The Hall–Kier alpha value is -3.04. The summed E-state index contributed by atoms with van der Waals surface area (Å²) >= 11 is 0. The SMILES string of the molecule is O=C(Cn1cc(C(=O)O)nn1)NCCc1ccccc1OC(F)F. The van der Waals surface area contributed by atoms with Gasteiger partial charge < -0.3 is 15.2 Å². The molecule has 0 bridgehead atoms. The van der Waals surface area contributed by atoms with Gasteiger partial charge in [-0.3, -0.25) is 4.79 Å². The molecule has 0 spiro atoms. The van der Waals surface area contributed by atoms with Crippen molar-refractivity contribution in [2.45, 2.75) is 19.6 Å². The number of carbonyl (C=O) groups excluding carboxylic acids is 1. The molecule has 2 N–H and O–H groups in total. The summed E-state index contributed by atoms with van der Waals surface area (Å²) in [5, 5.41) is 18.2. The second kappa shape index (κ2) is 7.99. The van der Waals surface area contributed by atoms with E-state index in [2.05, 4.69) is 20.4 Å². The van der Waals surface area contributed by atoms with Crippen LogP contribution in [0.5, 0.6) is 5.75 Å². The molecule has 0 saturated carbocycles. The number of benzene rings is 1. The Bertz CT molecular complexity index is 720. The second-order valence-corrected chi connectivity index (χ2v) is 4.69. The Labute approximate surface area is 135 Å². The maximum Gasteiger partial charge on any atom is 0.387 e. The molecule has 128 valence electrons. The number of hydrogen-bond donors (Lipinski definition) is 2. The summed E-state index contributed by atoms with van der Waals surface area (Å²) in [4.78, 5) is 22.4. The molecule has 1 aromatic carbocycles. The van der Waals surface area contributed by atoms with E-state index in [1.54, 1.807) is 18.2 Å². The van der Waals surface area contributed by atoms with Gasteiger partial charge in [0.1, 0.15) is 12.3 Å². The van der Waals surface area contributed by atoms with Gasteiger partial charge in [0.05, 0.1) is 6.20 Å². The molecule has 1 amide bonds. The number of nitrogens with one attached hydrogen (secondary N) is 1. The van der Waals surface area contributed by atoms with Crippen LogP contribution in [-0.2, 0) is 17.8 Å². The Balaban J connectivity index is 1.83. The van der Waals surface area contributed by atoms with Gasteiger partial charge in [0.15, 0.2) is 5.69 Å². The molecular weight excluding hydrogens is 326 g/mol. The number of rotatable bonds is 8. The fourth-order valence-electron chi connectivity index (χ4n) is 1.93. The average Bonchev–Trinajstić information content (AvgIpc) is 2.97. The van der Waals surface area contributed by atoms with Crippen molar-refractivity contribution in [2.24, 2.45) is 0 Å². The first kappa shape index (κ1) is 17.3.